The van der Waals surface area contributed by atoms with Crippen molar-refractivity contribution in [3.63, 3.8) is 0 Å². The number of hydrogen-bond donors (Lipinski definition) is 2. The fraction of sp³-hybridized carbons (Fsp3) is 0.464. The highest BCUT2D eigenvalue weighted by Gasteiger charge is 2.28. The maximum atomic E-state index is 10.6. The fourth-order valence-electron chi connectivity index (χ4n) is 5.36. The summed E-state index contributed by atoms with van der Waals surface area (Å²) < 4.78 is 0. The molecule has 3 aromatic rings. The smallest absolute Gasteiger partial charge is 0.124 e. The second kappa shape index (κ2) is 9.11. The van der Waals surface area contributed by atoms with Crippen LogP contribution < -0.4 is 10.6 Å². The Kier molecular flexibility index (Phi) is 6.43. The van der Waals surface area contributed by atoms with Crippen LogP contribution in [0.1, 0.15) is 68.4 Å². The van der Waals surface area contributed by atoms with Gasteiger partial charge in [0.2, 0.25) is 0 Å². The van der Waals surface area contributed by atoms with Crippen molar-refractivity contribution in [1.29, 1.82) is 0 Å². The number of fused-ring (bicyclic) bond motifs is 2. The van der Waals surface area contributed by atoms with E-state index in [1.54, 1.807) is 0 Å². The molecule has 1 aliphatic rings. The summed E-state index contributed by atoms with van der Waals surface area (Å²) in [5.41, 5.74) is 15.1. The molecule has 1 aromatic heterocycles. The number of pyridine rings is 1. The molecule has 32 heavy (non-hydrogen) atoms. The Morgan fingerprint density at radius 3 is 2.47 bits per heavy atom. The van der Waals surface area contributed by atoms with Gasteiger partial charge >= 0.3 is 0 Å². The molecular weight excluding hydrogens is 394 g/mol. The van der Waals surface area contributed by atoms with Gasteiger partial charge in [0.1, 0.15) is 5.82 Å². The molecule has 0 fully saturated rings. The van der Waals surface area contributed by atoms with Crippen molar-refractivity contribution in [3.8, 4) is 0 Å². The maximum Gasteiger partial charge on any atom is 0.124 e. The van der Waals surface area contributed by atoms with E-state index in [4.69, 9.17) is 10.7 Å². The van der Waals surface area contributed by atoms with Crippen molar-refractivity contribution in [1.82, 2.24) is 4.98 Å². The zero-order chi connectivity index (χ0) is 23.0. The molecule has 0 amide bonds. The second-order valence-corrected chi connectivity index (χ2v) is 9.59. The second-order valence-electron chi connectivity index (χ2n) is 9.59. The molecule has 0 saturated heterocycles. The number of nitrogen functional groups attached to an aromatic ring is 1. The molecule has 4 heteroatoms. The van der Waals surface area contributed by atoms with E-state index >= 15 is 0 Å². The Morgan fingerprint density at radius 2 is 1.78 bits per heavy atom. The zero-order valence-corrected chi connectivity index (χ0v) is 20.2. The lowest BCUT2D eigenvalue weighted by molar-refractivity contribution is 0.172. The van der Waals surface area contributed by atoms with Crippen LogP contribution in [-0.2, 0) is 25.7 Å². The summed E-state index contributed by atoms with van der Waals surface area (Å²) >= 11 is 0. The molecule has 4 nitrogen and oxygen atoms in total. The monoisotopic (exact) mass is 431 g/mol. The SMILES string of the molecule is CCc1cccc2c1N(C(C)Cc1ccc(CC)c3c(C(C)C)cc(N)nc13)CC(O)C2. The highest BCUT2D eigenvalue weighted by atomic mass is 16.3. The van der Waals surface area contributed by atoms with Gasteiger partial charge in [0.25, 0.3) is 0 Å². The minimum Gasteiger partial charge on any atom is -0.391 e. The number of anilines is 2. The normalized spacial score (nSPS) is 17.1. The highest BCUT2D eigenvalue weighted by molar-refractivity contribution is 5.90. The van der Waals surface area contributed by atoms with Crippen LogP contribution in [0.5, 0.6) is 0 Å². The Morgan fingerprint density at radius 1 is 1.06 bits per heavy atom. The number of β-amino-alcohol motifs (C(OH)–C–C–N with tert-alkyl or cyclic N) is 1. The van der Waals surface area contributed by atoms with E-state index in [0.717, 1.165) is 31.2 Å². The van der Waals surface area contributed by atoms with Crippen LogP contribution in [0, 0.1) is 0 Å². The Balaban J connectivity index is 1.78. The van der Waals surface area contributed by atoms with Gasteiger partial charge in [-0.15, -0.1) is 0 Å². The maximum absolute atomic E-state index is 10.6. The number of benzene rings is 2. The zero-order valence-electron chi connectivity index (χ0n) is 20.2. The van der Waals surface area contributed by atoms with Crippen molar-refractivity contribution in [2.75, 3.05) is 17.2 Å². The van der Waals surface area contributed by atoms with E-state index in [1.807, 2.05) is 6.07 Å². The van der Waals surface area contributed by atoms with E-state index in [9.17, 15) is 5.11 Å². The summed E-state index contributed by atoms with van der Waals surface area (Å²) in [6.07, 6.45) is 3.22. The summed E-state index contributed by atoms with van der Waals surface area (Å²) in [4.78, 5) is 7.24. The molecule has 2 atom stereocenters. The molecule has 0 radical (unpaired) electrons. The van der Waals surface area contributed by atoms with Crippen molar-refractivity contribution in [2.24, 2.45) is 0 Å². The van der Waals surface area contributed by atoms with Crippen LogP contribution in [0.3, 0.4) is 0 Å². The number of hydrogen-bond acceptors (Lipinski definition) is 4. The van der Waals surface area contributed by atoms with E-state index in [2.05, 4.69) is 69.9 Å². The standard InChI is InChI=1S/C28H37N3O/c1-6-19-11-12-21(27-26(19)24(17(3)4)15-25(29)30-27)13-18(5)31-16-23(32)14-22-10-8-9-20(7-2)28(22)31/h8-12,15,17-18,23,32H,6-7,13-14,16H2,1-5H3,(H2,29,30). The fourth-order valence-corrected chi connectivity index (χ4v) is 5.36. The Bertz CT molecular complexity index is 1120. The lowest BCUT2D eigenvalue weighted by Gasteiger charge is -2.40. The summed E-state index contributed by atoms with van der Waals surface area (Å²) in [6.45, 7) is 11.8. The van der Waals surface area contributed by atoms with Gasteiger partial charge < -0.3 is 15.7 Å². The predicted molar refractivity (Wildman–Crippen MR) is 136 cm³/mol. The number of aliphatic hydroxyl groups is 1. The van der Waals surface area contributed by atoms with E-state index < -0.39 is 0 Å². The largest absolute Gasteiger partial charge is 0.391 e. The molecule has 0 saturated carbocycles. The third kappa shape index (κ3) is 4.09. The molecule has 3 N–H and O–H groups in total. The number of rotatable bonds is 6. The first-order chi connectivity index (χ1) is 15.3. The van der Waals surface area contributed by atoms with Gasteiger partial charge in [-0.3, -0.25) is 0 Å². The number of aliphatic hydroxyl groups excluding tert-OH is 1. The minimum absolute atomic E-state index is 0.234. The van der Waals surface area contributed by atoms with Gasteiger partial charge in [-0.05, 0) is 66.0 Å². The molecule has 0 aliphatic carbocycles. The summed E-state index contributed by atoms with van der Waals surface area (Å²) in [6, 6.07) is 13.3. The molecule has 0 bridgehead atoms. The molecule has 2 aromatic carbocycles. The molecule has 2 heterocycles. The molecule has 1 aliphatic heterocycles. The van der Waals surface area contributed by atoms with Gasteiger partial charge in [-0.1, -0.05) is 58.0 Å². The van der Waals surface area contributed by atoms with Gasteiger partial charge in [0.15, 0.2) is 0 Å². The first kappa shape index (κ1) is 22.6. The first-order valence-corrected chi connectivity index (χ1v) is 12.1. The van der Waals surface area contributed by atoms with Crippen molar-refractivity contribution >= 4 is 22.4 Å². The lowest BCUT2D eigenvalue weighted by atomic mass is 9.89. The van der Waals surface area contributed by atoms with Crippen molar-refractivity contribution in [2.45, 2.75) is 78.4 Å². The quantitative estimate of drug-likeness (QED) is 0.547. The van der Waals surface area contributed by atoms with Crippen LogP contribution >= 0.6 is 0 Å². The molecular formula is C28H37N3O. The van der Waals surface area contributed by atoms with Gasteiger partial charge in [-0.2, -0.15) is 0 Å². The summed E-state index contributed by atoms with van der Waals surface area (Å²) in [7, 11) is 0. The van der Waals surface area contributed by atoms with Gasteiger partial charge in [-0.25, -0.2) is 4.98 Å². The number of aromatic nitrogens is 1. The van der Waals surface area contributed by atoms with Crippen molar-refractivity contribution in [3.05, 3.63) is 64.2 Å². The molecule has 2 unspecified atom stereocenters. The predicted octanol–water partition coefficient (Wildman–Crippen LogP) is 5.42. The molecule has 0 spiro atoms. The third-order valence-corrected chi connectivity index (χ3v) is 6.97. The van der Waals surface area contributed by atoms with E-state index in [0.29, 0.717) is 18.3 Å². The number of nitrogens with two attached hydrogens (primary N) is 1. The van der Waals surface area contributed by atoms with Gasteiger partial charge in [0.05, 0.1) is 11.6 Å². The number of aryl methyl sites for hydroxylation is 2. The minimum atomic E-state index is -0.336. The molecule has 170 valence electrons. The van der Waals surface area contributed by atoms with Gasteiger partial charge in [0, 0.05) is 30.1 Å². The average Bonchev–Trinajstić information content (AvgIpc) is 2.77. The average molecular weight is 432 g/mol. The number of nitrogens with zero attached hydrogens (tertiary/aromatic N) is 2. The highest BCUT2D eigenvalue weighted by Crippen LogP contribution is 2.36. The summed E-state index contributed by atoms with van der Waals surface area (Å²) in [5.74, 6) is 0.979. The van der Waals surface area contributed by atoms with Crippen LogP contribution in [0.25, 0.3) is 10.9 Å². The Hall–Kier alpha value is -2.59. The van der Waals surface area contributed by atoms with Crippen LogP contribution in [0.15, 0.2) is 36.4 Å². The van der Waals surface area contributed by atoms with Crippen LogP contribution in [0.2, 0.25) is 0 Å². The third-order valence-electron chi connectivity index (χ3n) is 6.97. The van der Waals surface area contributed by atoms with Crippen LogP contribution in [-0.4, -0.2) is 28.8 Å². The van der Waals surface area contributed by atoms with E-state index in [-0.39, 0.29) is 12.1 Å². The Labute approximate surface area is 192 Å². The van der Waals surface area contributed by atoms with E-state index in [1.165, 1.54) is 38.9 Å². The van der Waals surface area contributed by atoms with Crippen molar-refractivity contribution < 1.29 is 5.11 Å². The lowest BCUT2D eigenvalue weighted by Crippen LogP contribution is -2.45. The number of para-hydroxylation sites is 1. The molecule has 4 rings (SSSR count). The summed E-state index contributed by atoms with van der Waals surface area (Å²) in [5, 5.41) is 11.9. The van der Waals surface area contributed by atoms with Crippen LogP contribution in [0.4, 0.5) is 11.5 Å². The first-order valence-electron chi connectivity index (χ1n) is 12.1. The topological polar surface area (TPSA) is 62.4 Å².